The lowest BCUT2D eigenvalue weighted by Crippen LogP contribution is -2.38. The van der Waals surface area contributed by atoms with Gasteiger partial charge in [-0.3, -0.25) is 0 Å². The molecule has 0 aliphatic heterocycles. The highest BCUT2D eigenvalue weighted by atomic mass is 19.1. The smallest absolute Gasteiger partial charge is 0.149 e. The number of aromatic nitrogens is 1. The molecule has 0 atom stereocenters. The lowest BCUT2D eigenvalue weighted by Gasteiger charge is -2.30. The third-order valence-electron chi connectivity index (χ3n) is 6.67. The number of halogens is 1. The maximum Gasteiger partial charge on any atom is 0.149 e. The zero-order valence-electron chi connectivity index (χ0n) is 18.7. The van der Waals surface area contributed by atoms with Gasteiger partial charge >= 0.3 is 0 Å². The molecule has 0 amide bonds. The average molecular weight is 427 g/mol. The minimum atomic E-state index is -0.289. The van der Waals surface area contributed by atoms with E-state index in [4.69, 9.17) is 4.74 Å². The van der Waals surface area contributed by atoms with E-state index < -0.39 is 0 Å². The van der Waals surface area contributed by atoms with Crippen molar-refractivity contribution in [2.45, 2.75) is 57.5 Å². The Morgan fingerprint density at radius 3 is 2.65 bits per heavy atom. The molecule has 0 spiro atoms. The number of ether oxygens (including phenoxy) is 1. The molecule has 1 aromatic heterocycles. The van der Waals surface area contributed by atoms with Gasteiger partial charge in [-0.1, -0.05) is 19.1 Å². The van der Waals surface area contributed by atoms with Gasteiger partial charge in [0.2, 0.25) is 0 Å². The summed E-state index contributed by atoms with van der Waals surface area (Å²) in [6.07, 6.45) is 8.30. The van der Waals surface area contributed by atoms with E-state index in [9.17, 15) is 4.39 Å². The van der Waals surface area contributed by atoms with Gasteiger partial charge in [0.05, 0.1) is 12.8 Å². The Kier molecular flexibility index (Phi) is 7.08. The molecule has 6 heteroatoms. The number of nitrogens with one attached hydrogen (secondary N) is 3. The summed E-state index contributed by atoms with van der Waals surface area (Å²) in [6, 6.07) is 10.8. The van der Waals surface area contributed by atoms with Crippen LogP contribution in [-0.4, -0.2) is 43.9 Å². The molecule has 2 saturated carbocycles. The maximum atomic E-state index is 14.6. The van der Waals surface area contributed by atoms with Crippen LogP contribution in [0.3, 0.4) is 0 Å². The molecule has 2 aromatic rings. The first kappa shape index (κ1) is 22.0. The van der Waals surface area contributed by atoms with E-state index in [-0.39, 0.29) is 5.82 Å². The molecule has 1 aromatic carbocycles. The van der Waals surface area contributed by atoms with E-state index in [1.54, 1.807) is 7.11 Å². The Labute approximate surface area is 185 Å². The predicted octanol–water partition coefficient (Wildman–Crippen LogP) is 5.06. The molecular weight excluding hydrogens is 391 g/mol. The van der Waals surface area contributed by atoms with Crippen LogP contribution in [0, 0.1) is 11.2 Å². The number of rotatable bonds is 10. The van der Waals surface area contributed by atoms with Gasteiger partial charge in [-0.05, 0) is 67.7 Å². The number of benzene rings is 1. The molecule has 4 rings (SSSR count). The van der Waals surface area contributed by atoms with Crippen LogP contribution in [0.5, 0.6) is 0 Å². The molecule has 2 fully saturated rings. The van der Waals surface area contributed by atoms with Crippen LogP contribution >= 0.6 is 0 Å². The van der Waals surface area contributed by atoms with Crippen LogP contribution in [0.25, 0.3) is 11.1 Å². The highest BCUT2D eigenvalue weighted by molar-refractivity contribution is 5.70. The first-order chi connectivity index (χ1) is 15.0. The Morgan fingerprint density at radius 1 is 1.13 bits per heavy atom. The minimum absolute atomic E-state index is 0.289. The van der Waals surface area contributed by atoms with Crippen molar-refractivity contribution in [1.29, 1.82) is 0 Å². The van der Waals surface area contributed by atoms with Gasteiger partial charge in [-0.15, -0.1) is 0 Å². The third-order valence-corrected chi connectivity index (χ3v) is 6.67. The van der Waals surface area contributed by atoms with Gasteiger partial charge in [0, 0.05) is 43.5 Å². The Balaban J connectivity index is 1.36. The zero-order chi connectivity index (χ0) is 21.7. The average Bonchev–Trinajstić information content (AvgIpc) is 3.53. The van der Waals surface area contributed by atoms with Gasteiger partial charge in [-0.2, -0.15) is 0 Å². The molecule has 0 unspecified atom stereocenters. The summed E-state index contributed by atoms with van der Waals surface area (Å²) in [4.78, 5) is 4.30. The summed E-state index contributed by atoms with van der Waals surface area (Å²) in [5.41, 5.74) is 2.93. The fourth-order valence-corrected chi connectivity index (χ4v) is 4.26. The Bertz CT molecular complexity index is 862. The molecule has 0 saturated heterocycles. The van der Waals surface area contributed by atoms with Crippen LogP contribution < -0.4 is 16.0 Å². The highest BCUT2D eigenvalue weighted by Crippen LogP contribution is 2.44. The standard InChI is InChI=1S/C25H35FN4O/c1-25(10-11-25)17-29-21-5-3-4-18(14-21)22-15-24(28-16-23(22)26)30-20-8-6-19(7-9-20)27-12-13-31-2/h3-5,14-16,19-20,27,29H,6-13,17H2,1-2H3,(H,28,30)/t19-,20-. The van der Waals surface area contributed by atoms with Crippen molar-refractivity contribution in [3.05, 3.63) is 42.3 Å². The van der Waals surface area contributed by atoms with Gasteiger partial charge < -0.3 is 20.7 Å². The van der Waals surface area contributed by atoms with E-state index in [1.807, 2.05) is 30.3 Å². The van der Waals surface area contributed by atoms with Crippen LogP contribution in [0.15, 0.2) is 36.5 Å². The van der Waals surface area contributed by atoms with E-state index in [0.29, 0.717) is 23.1 Å². The summed E-state index contributed by atoms with van der Waals surface area (Å²) in [5, 5.41) is 10.6. The lowest BCUT2D eigenvalue weighted by atomic mass is 9.91. The largest absolute Gasteiger partial charge is 0.384 e. The number of hydrogen-bond acceptors (Lipinski definition) is 5. The molecule has 2 aliphatic carbocycles. The highest BCUT2D eigenvalue weighted by Gasteiger charge is 2.36. The first-order valence-corrected chi connectivity index (χ1v) is 11.5. The Morgan fingerprint density at radius 2 is 1.90 bits per heavy atom. The number of nitrogens with zero attached hydrogens (tertiary/aromatic N) is 1. The normalized spacial score (nSPS) is 22.2. The van der Waals surface area contributed by atoms with Crippen molar-refractivity contribution in [2.75, 3.05) is 37.4 Å². The number of anilines is 2. The molecule has 1 heterocycles. The summed E-state index contributed by atoms with van der Waals surface area (Å²) < 4.78 is 19.7. The number of pyridine rings is 1. The van der Waals surface area contributed by atoms with Gasteiger partial charge in [0.15, 0.2) is 0 Å². The minimum Gasteiger partial charge on any atom is -0.384 e. The number of methoxy groups -OCH3 is 1. The predicted molar refractivity (Wildman–Crippen MR) is 125 cm³/mol. The van der Waals surface area contributed by atoms with Crippen LogP contribution in [0.4, 0.5) is 15.9 Å². The van der Waals surface area contributed by atoms with E-state index in [0.717, 1.165) is 62.4 Å². The third kappa shape index (κ3) is 6.17. The van der Waals surface area contributed by atoms with E-state index in [2.05, 4.69) is 27.9 Å². The molecule has 0 radical (unpaired) electrons. The van der Waals surface area contributed by atoms with Gasteiger partial charge in [-0.25, -0.2) is 9.37 Å². The monoisotopic (exact) mass is 426 g/mol. The first-order valence-electron chi connectivity index (χ1n) is 11.5. The molecule has 2 aliphatic rings. The van der Waals surface area contributed by atoms with Gasteiger partial charge in [0.25, 0.3) is 0 Å². The maximum absolute atomic E-state index is 14.6. The van der Waals surface area contributed by atoms with E-state index in [1.165, 1.54) is 19.0 Å². The molecule has 0 bridgehead atoms. The van der Waals surface area contributed by atoms with Crippen LogP contribution in [-0.2, 0) is 4.74 Å². The number of hydrogen-bond donors (Lipinski definition) is 3. The molecule has 31 heavy (non-hydrogen) atoms. The van der Waals surface area contributed by atoms with Crippen molar-refractivity contribution in [1.82, 2.24) is 10.3 Å². The van der Waals surface area contributed by atoms with Crippen molar-refractivity contribution < 1.29 is 9.13 Å². The molecule has 168 valence electrons. The second-order valence-corrected chi connectivity index (χ2v) is 9.43. The Hall–Kier alpha value is -2.18. The van der Waals surface area contributed by atoms with Crippen molar-refractivity contribution >= 4 is 11.5 Å². The van der Waals surface area contributed by atoms with E-state index >= 15 is 0 Å². The van der Waals surface area contributed by atoms with Crippen molar-refractivity contribution in [3.8, 4) is 11.1 Å². The van der Waals surface area contributed by atoms with Gasteiger partial charge in [0.1, 0.15) is 11.6 Å². The summed E-state index contributed by atoms with van der Waals surface area (Å²) in [6.45, 7) is 4.91. The summed E-state index contributed by atoms with van der Waals surface area (Å²) in [5.74, 6) is 0.457. The fraction of sp³-hybridized carbons (Fsp3) is 0.560. The second-order valence-electron chi connectivity index (χ2n) is 9.43. The molecule has 3 N–H and O–H groups in total. The van der Waals surface area contributed by atoms with Crippen LogP contribution in [0.1, 0.15) is 45.4 Å². The van der Waals surface area contributed by atoms with Crippen molar-refractivity contribution in [3.63, 3.8) is 0 Å². The summed E-state index contributed by atoms with van der Waals surface area (Å²) >= 11 is 0. The molecular formula is C25H35FN4O. The lowest BCUT2D eigenvalue weighted by molar-refractivity contribution is 0.191. The SMILES string of the molecule is COCCN[C@H]1CC[C@H](Nc2cc(-c3cccc(NCC4(C)CC4)c3)c(F)cn2)CC1. The zero-order valence-corrected chi connectivity index (χ0v) is 18.7. The fourth-order valence-electron chi connectivity index (χ4n) is 4.26. The van der Waals surface area contributed by atoms with Crippen molar-refractivity contribution in [2.24, 2.45) is 5.41 Å². The molecule has 5 nitrogen and oxygen atoms in total. The topological polar surface area (TPSA) is 58.2 Å². The van der Waals surface area contributed by atoms with Crippen LogP contribution in [0.2, 0.25) is 0 Å². The summed E-state index contributed by atoms with van der Waals surface area (Å²) in [7, 11) is 1.73. The quantitative estimate of drug-likeness (QED) is 0.464. The second kappa shape index (κ2) is 9.96.